The van der Waals surface area contributed by atoms with Gasteiger partial charge in [-0.2, -0.15) is 5.26 Å². The number of rotatable bonds is 3. The maximum Gasteiger partial charge on any atom is 0.228 e. The molecule has 0 bridgehead atoms. The van der Waals surface area contributed by atoms with Crippen molar-refractivity contribution in [2.45, 2.75) is 20.8 Å². The molecule has 0 radical (unpaired) electrons. The molecule has 4 rings (SSSR count). The summed E-state index contributed by atoms with van der Waals surface area (Å²) in [5.74, 6) is 1.11. The lowest BCUT2D eigenvalue weighted by Crippen LogP contribution is -2.43. The third-order valence-corrected chi connectivity index (χ3v) is 5.37. The monoisotopic (exact) mass is 408 g/mol. The highest BCUT2D eigenvalue weighted by atomic mass is 32.1. The summed E-state index contributed by atoms with van der Waals surface area (Å²) in [5.41, 5.74) is 2.72. The number of nitrogens with one attached hydrogen (secondary N) is 2. The summed E-state index contributed by atoms with van der Waals surface area (Å²) < 4.78 is 0. The highest BCUT2D eigenvalue weighted by Crippen LogP contribution is 2.17. The minimum atomic E-state index is 0.427. The summed E-state index contributed by atoms with van der Waals surface area (Å²) in [6.45, 7) is 10.2. The second-order valence-electron chi connectivity index (χ2n) is 6.55. The van der Waals surface area contributed by atoms with Gasteiger partial charge in [-0.1, -0.05) is 0 Å². The van der Waals surface area contributed by atoms with Crippen LogP contribution in [0.5, 0.6) is 0 Å². The Hall–Kier alpha value is -3.09. The standard InChI is InChI=1S/C14H15N7.C6H9NS/c15-7-11-8-18-14(19-9-11)20-13-2-1-12(10-17-13)21-5-3-16-4-6-21;1-4-5(2)8-6(3)7-4/h1-2,8-10,16H,3-6H2,(H,17,18,19,20);1-3H3. The highest BCUT2D eigenvalue weighted by Gasteiger charge is 2.10. The van der Waals surface area contributed by atoms with E-state index in [-0.39, 0.29) is 0 Å². The van der Waals surface area contributed by atoms with Gasteiger partial charge >= 0.3 is 0 Å². The lowest BCUT2D eigenvalue weighted by atomic mass is 10.3. The Balaban J connectivity index is 0.000000252. The van der Waals surface area contributed by atoms with E-state index in [1.54, 1.807) is 11.3 Å². The van der Waals surface area contributed by atoms with Gasteiger partial charge in [0.1, 0.15) is 11.9 Å². The zero-order valence-corrected chi connectivity index (χ0v) is 17.6. The predicted molar refractivity (Wildman–Crippen MR) is 116 cm³/mol. The normalized spacial score (nSPS) is 13.2. The van der Waals surface area contributed by atoms with Gasteiger partial charge in [-0.25, -0.2) is 19.9 Å². The SMILES string of the molecule is Cc1nc(C)c(C)s1.N#Cc1cnc(Nc2ccc(N3CCNCC3)cn2)nc1. The van der Waals surface area contributed by atoms with Crippen LogP contribution in [0.2, 0.25) is 0 Å². The first kappa shape index (κ1) is 20.6. The Morgan fingerprint density at radius 1 is 1.07 bits per heavy atom. The number of hydrogen-bond donors (Lipinski definition) is 2. The largest absolute Gasteiger partial charge is 0.368 e. The molecule has 1 saturated heterocycles. The Kier molecular flexibility index (Phi) is 7.05. The summed E-state index contributed by atoms with van der Waals surface area (Å²) >= 11 is 1.76. The van der Waals surface area contributed by atoms with Crippen molar-refractivity contribution in [3.63, 3.8) is 0 Å². The minimum absolute atomic E-state index is 0.427. The average Bonchev–Trinajstić information content (AvgIpc) is 3.05. The summed E-state index contributed by atoms with van der Waals surface area (Å²) in [4.78, 5) is 20.3. The summed E-state index contributed by atoms with van der Waals surface area (Å²) in [6.07, 6.45) is 4.80. The molecule has 150 valence electrons. The van der Waals surface area contributed by atoms with Crippen LogP contribution in [0.15, 0.2) is 30.7 Å². The number of nitriles is 1. The molecule has 0 aliphatic carbocycles. The smallest absolute Gasteiger partial charge is 0.228 e. The van der Waals surface area contributed by atoms with Crippen LogP contribution in [0.4, 0.5) is 17.5 Å². The van der Waals surface area contributed by atoms with Gasteiger partial charge in [0.05, 0.1) is 40.5 Å². The zero-order chi connectivity index (χ0) is 20.6. The molecular formula is C20H24N8S. The van der Waals surface area contributed by atoms with Crippen molar-refractivity contribution in [2.24, 2.45) is 0 Å². The Labute approximate surface area is 174 Å². The molecule has 3 aromatic rings. The summed E-state index contributed by atoms with van der Waals surface area (Å²) in [6, 6.07) is 5.92. The van der Waals surface area contributed by atoms with Gasteiger partial charge in [-0.15, -0.1) is 11.3 Å². The van der Waals surface area contributed by atoms with Crippen LogP contribution >= 0.6 is 11.3 Å². The van der Waals surface area contributed by atoms with Gasteiger partial charge in [0.2, 0.25) is 5.95 Å². The number of hydrogen-bond acceptors (Lipinski definition) is 9. The number of piperazine rings is 1. The van der Waals surface area contributed by atoms with E-state index in [9.17, 15) is 0 Å². The molecule has 0 saturated carbocycles. The zero-order valence-electron chi connectivity index (χ0n) is 16.8. The molecule has 1 aliphatic heterocycles. The Bertz CT molecular complexity index is 934. The fourth-order valence-corrected chi connectivity index (χ4v) is 3.59. The highest BCUT2D eigenvalue weighted by molar-refractivity contribution is 7.11. The first-order valence-corrected chi connectivity index (χ1v) is 10.2. The van der Waals surface area contributed by atoms with Crippen LogP contribution in [0.1, 0.15) is 21.1 Å². The lowest BCUT2D eigenvalue weighted by Gasteiger charge is -2.29. The van der Waals surface area contributed by atoms with Crippen molar-refractivity contribution >= 4 is 28.8 Å². The van der Waals surface area contributed by atoms with Crippen LogP contribution < -0.4 is 15.5 Å². The second-order valence-corrected chi connectivity index (χ2v) is 7.95. The van der Waals surface area contributed by atoms with Gasteiger partial charge in [0, 0.05) is 31.1 Å². The van der Waals surface area contributed by atoms with E-state index < -0.39 is 0 Å². The molecule has 0 amide bonds. The van der Waals surface area contributed by atoms with Gasteiger partial charge < -0.3 is 15.5 Å². The van der Waals surface area contributed by atoms with Crippen molar-refractivity contribution in [1.82, 2.24) is 25.3 Å². The van der Waals surface area contributed by atoms with Gasteiger partial charge in [-0.3, -0.25) is 0 Å². The second kappa shape index (κ2) is 9.91. The number of nitrogens with zero attached hydrogens (tertiary/aromatic N) is 6. The molecule has 3 aromatic heterocycles. The molecule has 0 spiro atoms. The van der Waals surface area contributed by atoms with Gasteiger partial charge in [0.25, 0.3) is 0 Å². The van der Waals surface area contributed by atoms with Gasteiger partial charge in [-0.05, 0) is 32.9 Å². The third-order valence-electron chi connectivity index (χ3n) is 4.39. The van der Waals surface area contributed by atoms with Crippen molar-refractivity contribution in [3.8, 4) is 6.07 Å². The fraction of sp³-hybridized carbons (Fsp3) is 0.350. The lowest BCUT2D eigenvalue weighted by molar-refractivity contribution is 0.589. The molecular weight excluding hydrogens is 384 g/mol. The minimum Gasteiger partial charge on any atom is -0.368 e. The predicted octanol–water partition coefficient (Wildman–Crippen LogP) is 2.96. The summed E-state index contributed by atoms with van der Waals surface area (Å²) in [7, 11) is 0. The maximum absolute atomic E-state index is 8.70. The Morgan fingerprint density at radius 3 is 2.28 bits per heavy atom. The number of aromatic nitrogens is 4. The van der Waals surface area contributed by atoms with Crippen LogP contribution in [0.3, 0.4) is 0 Å². The molecule has 1 fully saturated rings. The van der Waals surface area contributed by atoms with E-state index in [1.165, 1.54) is 28.0 Å². The summed E-state index contributed by atoms with van der Waals surface area (Å²) in [5, 5.41) is 16.2. The average molecular weight is 409 g/mol. The topological polar surface area (TPSA) is 103 Å². The molecule has 1 aliphatic rings. The van der Waals surface area contributed by atoms with Gasteiger partial charge in [0.15, 0.2) is 0 Å². The third kappa shape index (κ3) is 5.94. The molecule has 9 heteroatoms. The van der Waals surface area contributed by atoms with Crippen molar-refractivity contribution in [2.75, 3.05) is 36.4 Å². The van der Waals surface area contributed by atoms with E-state index in [1.807, 2.05) is 38.2 Å². The fourth-order valence-electron chi connectivity index (χ4n) is 2.77. The van der Waals surface area contributed by atoms with Crippen LogP contribution in [0, 0.1) is 32.1 Å². The quantitative estimate of drug-likeness (QED) is 0.682. The van der Waals surface area contributed by atoms with Crippen LogP contribution in [-0.4, -0.2) is 46.1 Å². The van der Waals surface area contributed by atoms with E-state index in [0.29, 0.717) is 17.3 Å². The Morgan fingerprint density at radius 2 is 1.79 bits per heavy atom. The number of aryl methyl sites for hydroxylation is 3. The van der Waals surface area contributed by atoms with E-state index in [0.717, 1.165) is 31.9 Å². The molecule has 0 atom stereocenters. The maximum atomic E-state index is 8.70. The molecule has 2 N–H and O–H groups in total. The van der Waals surface area contributed by atoms with Crippen molar-refractivity contribution in [1.29, 1.82) is 5.26 Å². The van der Waals surface area contributed by atoms with Crippen LogP contribution in [0.25, 0.3) is 0 Å². The molecule has 8 nitrogen and oxygen atoms in total. The first-order valence-electron chi connectivity index (χ1n) is 9.36. The van der Waals surface area contributed by atoms with E-state index >= 15 is 0 Å². The molecule has 29 heavy (non-hydrogen) atoms. The van der Waals surface area contributed by atoms with Crippen molar-refractivity contribution in [3.05, 3.63) is 51.9 Å². The van der Waals surface area contributed by atoms with Crippen LogP contribution in [-0.2, 0) is 0 Å². The number of anilines is 3. The number of pyridine rings is 1. The van der Waals surface area contributed by atoms with E-state index in [2.05, 4.69) is 42.4 Å². The van der Waals surface area contributed by atoms with E-state index in [4.69, 9.17) is 5.26 Å². The number of thiazole rings is 1. The molecule has 0 aromatic carbocycles. The molecule has 0 unspecified atom stereocenters. The van der Waals surface area contributed by atoms with Crippen molar-refractivity contribution < 1.29 is 0 Å². The molecule has 4 heterocycles. The first-order chi connectivity index (χ1) is 14.0.